The molecule has 0 saturated carbocycles. The van der Waals surface area contributed by atoms with Crippen molar-refractivity contribution in [1.29, 1.82) is 0 Å². The van der Waals surface area contributed by atoms with E-state index in [0.29, 0.717) is 0 Å². The van der Waals surface area contributed by atoms with Crippen molar-refractivity contribution in [2.75, 3.05) is 0 Å². The highest BCUT2D eigenvalue weighted by Gasteiger charge is 1.95. The third kappa shape index (κ3) is 6.47. The summed E-state index contributed by atoms with van der Waals surface area (Å²) < 4.78 is 0. The van der Waals surface area contributed by atoms with Gasteiger partial charge in [-0.25, -0.2) is 4.79 Å². The summed E-state index contributed by atoms with van der Waals surface area (Å²) >= 11 is 0. The van der Waals surface area contributed by atoms with Crippen molar-refractivity contribution in [1.82, 2.24) is 0 Å². The fourth-order valence-electron chi connectivity index (χ4n) is 1.72. The second-order valence-electron chi connectivity index (χ2n) is 4.37. The molecule has 0 aromatic heterocycles. The minimum Gasteiger partial charge on any atom is -0.478 e. The first kappa shape index (κ1) is 15.0. The van der Waals surface area contributed by atoms with Crippen LogP contribution in [0.3, 0.4) is 0 Å². The van der Waals surface area contributed by atoms with Gasteiger partial charge in [0.25, 0.3) is 0 Å². The highest BCUT2D eigenvalue weighted by atomic mass is 16.4. The quantitative estimate of drug-likeness (QED) is 0.472. The third-order valence-electron chi connectivity index (χ3n) is 2.74. The van der Waals surface area contributed by atoms with Crippen LogP contribution in [0.2, 0.25) is 0 Å². The summed E-state index contributed by atoms with van der Waals surface area (Å²) in [7, 11) is 0. The molecule has 2 nitrogen and oxygen atoms in total. The molecule has 1 aromatic rings. The molecule has 0 saturated heterocycles. The average Bonchev–Trinajstić information content (AvgIpc) is 2.41. The van der Waals surface area contributed by atoms with E-state index in [1.807, 2.05) is 24.3 Å². The first-order valence-corrected chi connectivity index (χ1v) is 6.73. The number of benzene rings is 1. The summed E-state index contributed by atoms with van der Waals surface area (Å²) in [6.45, 7) is 2.19. The van der Waals surface area contributed by atoms with Crippen LogP contribution in [-0.4, -0.2) is 11.1 Å². The van der Waals surface area contributed by atoms with E-state index in [1.54, 1.807) is 6.08 Å². The number of unbranched alkanes of at least 4 members (excludes halogenated alkanes) is 4. The second-order valence-corrected chi connectivity index (χ2v) is 4.37. The zero-order valence-electron chi connectivity index (χ0n) is 11.4. The molecule has 0 bridgehead atoms. The molecule has 1 N–H and O–H groups in total. The predicted molar refractivity (Wildman–Crippen MR) is 78.7 cm³/mol. The Balaban J connectivity index is 2.62. The number of carboxylic acid groups (broad SMARTS) is 1. The van der Waals surface area contributed by atoms with Crippen molar-refractivity contribution in [3.63, 3.8) is 0 Å². The van der Waals surface area contributed by atoms with Crippen molar-refractivity contribution < 1.29 is 9.90 Å². The number of rotatable bonds is 6. The van der Waals surface area contributed by atoms with Gasteiger partial charge in [-0.2, -0.15) is 0 Å². The van der Waals surface area contributed by atoms with Crippen molar-refractivity contribution in [3.8, 4) is 11.8 Å². The molecular weight excluding hydrogens is 236 g/mol. The van der Waals surface area contributed by atoms with Gasteiger partial charge < -0.3 is 5.11 Å². The number of carbonyl (C=O) groups is 1. The first-order chi connectivity index (χ1) is 9.24. The van der Waals surface area contributed by atoms with Crippen LogP contribution in [0.1, 0.15) is 50.2 Å². The Labute approximate surface area is 115 Å². The Morgan fingerprint density at radius 1 is 1.26 bits per heavy atom. The lowest BCUT2D eigenvalue weighted by Crippen LogP contribution is -1.87. The standard InChI is InChI=1S/C17H20O2/c1-2-3-4-5-6-7-10-15-11-8-9-12-16(15)13-14-17(18)19/h8-9,11-14H,2-6H2,1H3,(H,18,19). The number of carboxylic acids is 1. The van der Waals surface area contributed by atoms with Crippen molar-refractivity contribution in [3.05, 3.63) is 41.5 Å². The van der Waals surface area contributed by atoms with Crippen molar-refractivity contribution >= 4 is 12.0 Å². The summed E-state index contributed by atoms with van der Waals surface area (Å²) in [5, 5.41) is 8.64. The van der Waals surface area contributed by atoms with Gasteiger partial charge in [-0.05, 0) is 24.1 Å². The van der Waals surface area contributed by atoms with Crippen LogP contribution in [0.25, 0.3) is 6.08 Å². The van der Waals surface area contributed by atoms with Crippen molar-refractivity contribution in [2.24, 2.45) is 0 Å². The maximum absolute atomic E-state index is 10.5. The molecule has 0 heterocycles. The van der Waals surface area contributed by atoms with Crippen LogP contribution >= 0.6 is 0 Å². The van der Waals surface area contributed by atoms with E-state index in [2.05, 4.69) is 18.8 Å². The lowest BCUT2D eigenvalue weighted by Gasteiger charge is -1.97. The lowest BCUT2D eigenvalue weighted by molar-refractivity contribution is -0.131. The SMILES string of the molecule is CCCCCCC#Cc1ccccc1C=CC(=O)O. The minimum absolute atomic E-state index is 0.853. The maximum atomic E-state index is 10.5. The fraction of sp³-hybridized carbons (Fsp3) is 0.353. The zero-order valence-corrected chi connectivity index (χ0v) is 11.4. The third-order valence-corrected chi connectivity index (χ3v) is 2.74. The van der Waals surface area contributed by atoms with Crippen LogP contribution in [-0.2, 0) is 4.79 Å². The molecule has 19 heavy (non-hydrogen) atoms. The fourth-order valence-corrected chi connectivity index (χ4v) is 1.72. The molecule has 0 atom stereocenters. The van der Waals surface area contributed by atoms with Crippen LogP contribution in [0.5, 0.6) is 0 Å². The maximum Gasteiger partial charge on any atom is 0.328 e. The number of hydrogen-bond acceptors (Lipinski definition) is 1. The Hall–Kier alpha value is -2.01. The average molecular weight is 256 g/mol. The highest BCUT2D eigenvalue weighted by Crippen LogP contribution is 2.09. The Kier molecular flexibility index (Phi) is 7.12. The van der Waals surface area contributed by atoms with Gasteiger partial charge in [-0.1, -0.05) is 56.2 Å². The lowest BCUT2D eigenvalue weighted by atomic mass is 10.1. The molecule has 0 unspecified atom stereocenters. The van der Waals surface area contributed by atoms with E-state index >= 15 is 0 Å². The summed E-state index contributed by atoms with van der Waals surface area (Å²) in [5.74, 6) is 5.33. The van der Waals surface area contributed by atoms with Gasteiger partial charge in [0.1, 0.15) is 0 Å². The Bertz CT molecular complexity index is 489. The van der Waals surface area contributed by atoms with Gasteiger partial charge in [0.2, 0.25) is 0 Å². The van der Waals surface area contributed by atoms with Gasteiger partial charge in [0.05, 0.1) is 0 Å². The van der Waals surface area contributed by atoms with Gasteiger partial charge >= 0.3 is 5.97 Å². The van der Waals surface area contributed by atoms with E-state index in [9.17, 15) is 4.79 Å². The molecule has 0 fully saturated rings. The molecule has 0 amide bonds. The van der Waals surface area contributed by atoms with Crippen LogP contribution in [0, 0.1) is 11.8 Å². The molecule has 100 valence electrons. The smallest absolute Gasteiger partial charge is 0.328 e. The van der Waals surface area contributed by atoms with E-state index < -0.39 is 5.97 Å². The molecule has 0 aliphatic carbocycles. The number of hydrogen-bond donors (Lipinski definition) is 1. The van der Waals surface area contributed by atoms with Crippen molar-refractivity contribution in [2.45, 2.75) is 39.0 Å². The van der Waals surface area contributed by atoms with Crippen LogP contribution in [0.4, 0.5) is 0 Å². The molecule has 1 rings (SSSR count). The number of aliphatic carboxylic acids is 1. The normalized spacial score (nSPS) is 10.2. The predicted octanol–water partition coefficient (Wildman–Crippen LogP) is 4.11. The van der Waals surface area contributed by atoms with Gasteiger partial charge in [0.15, 0.2) is 0 Å². The Morgan fingerprint density at radius 3 is 2.79 bits per heavy atom. The summed E-state index contributed by atoms with van der Waals surface area (Å²) in [4.78, 5) is 10.5. The van der Waals surface area contributed by atoms with Gasteiger partial charge in [-0.3, -0.25) is 0 Å². The molecule has 0 spiro atoms. The molecule has 0 aliphatic heterocycles. The summed E-state index contributed by atoms with van der Waals surface area (Å²) in [6.07, 6.45) is 8.48. The molecule has 1 aromatic carbocycles. The molecule has 2 heteroatoms. The highest BCUT2D eigenvalue weighted by molar-refractivity contribution is 5.85. The zero-order chi connectivity index (χ0) is 13.9. The van der Waals surface area contributed by atoms with Gasteiger partial charge in [-0.15, -0.1) is 0 Å². The largest absolute Gasteiger partial charge is 0.478 e. The summed E-state index contributed by atoms with van der Waals surface area (Å²) in [6, 6.07) is 7.59. The van der Waals surface area contributed by atoms with E-state index in [-0.39, 0.29) is 0 Å². The van der Waals surface area contributed by atoms with E-state index in [0.717, 1.165) is 30.0 Å². The molecule has 0 radical (unpaired) electrons. The van der Waals surface area contributed by atoms with Gasteiger partial charge in [0, 0.05) is 18.1 Å². The van der Waals surface area contributed by atoms with E-state index in [1.165, 1.54) is 19.3 Å². The summed E-state index contributed by atoms with van der Waals surface area (Å²) in [5.41, 5.74) is 1.74. The molecular formula is C17H20O2. The second kappa shape index (κ2) is 8.99. The van der Waals surface area contributed by atoms with Crippen LogP contribution < -0.4 is 0 Å². The Morgan fingerprint density at radius 2 is 2.05 bits per heavy atom. The minimum atomic E-state index is -0.942. The first-order valence-electron chi connectivity index (χ1n) is 6.73. The molecule has 0 aliphatic rings. The van der Waals surface area contributed by atoms with Crippen LogP contribution in [0.15, 0.2) is 30.3 Å². The van der Waals surface area contributed by atoms with E-state index in [4.69, 9.17) is 5.11 Å². The topological polar surface area (TPSA) is 37.3 Å². The monoisotopic (exact) mass is 256 g/mol.